The summed E-state index contributed by atoms with van der Waals surface area (Å²) in [7, 11) is 0. The van der Waals surface area contributed by atoms with E-state index in [1.807, 2.05) is 0 Å². The number of esters is 1. The van der Waals surface area contributed by atoms with Gasteiger partial charge in [-0.3, -0.25) is 14.4 Å². The number of nitrogens with one attached hydrogen (secondary N) is 1. The number of hydrogen-bond acceptors (Lipinski definition) is 4. The first-order valence-electron chi connectivity index (χ1n) is 21.6. The van der Waals surface area contributed by atoms with Crippen molar-refractivity contribution in [1.82, 2.24) is 10.2 Å². The van der Waals surface area contributed by atoms with Crippen LogP contribution < -0.4 is 5.32 Å². The lowest BCUT2D eigenvalue weighted by molar-refractivity contribution is -0.250. The van der Waals surface area contributed by atoms with Gasteiger partial charge >= 0.3 is 5.97 Å². The quantitative estimate of drug-likeness (QED) is 0.290. The van der Waals surface area contributed by atoms with E-state index in [0.29, 0.717) is 46.8 Å². The van der Waals surface area contributed by atoms with E-state index >= 15 is 4.79 Å². The van der Waals surface area contributed by atoms with Crippen LogP contribution in [-0.4, -0.2) is 47.9 Å². The third-order valence-corrected chi connectivity index (χ3v) is 19.6. The molecule has 8 aliphatic rings. The number of piperidine rings is 1. The molecule has 1 N–H and O–H groups in total. The second-order valence-electron chi connectivity index (χ2n) is 22.1. The highest BCUT2D eigenvalue weighted by atomic mass is 16.5. The van der Waals surface area contributed by atoms with Crippen LogP contribution in [0.25, 0.3) is 0 Å². The molecule has 8 rings (SSSR count). The molecular formula is C45H72N2O4. The molecule has 1 saturated heterocycles. The summed E-state index contributed by atoms with van der Waals surface area (Å²) < 4.78 is 6.00. The molecule has 8 fully saturated rings. The van der Waals surface area contributed by atoms with E-state index in [4.69, 9.17) is 4.74 Å². The largest absolute Gasteiger partial charge is 0.462 e. The van der Waals surface area contributed by atoms with Gasteiger partial charge in [-0.1, -0.05) is 55.4 Å². The third kappa shape index (κ3) is 5.00. The van der Waals surface area contributed by atoms with Gasteiger partial charge in [0, 0.05) is 37.4 Å². The first kappa shape index (κ1) is 36.4. The Morgan fingerprint density at radius 3 is 2.02 bits per heavy atom. The van der Waals surface area contributed by atoms with Crippen molar-refractivity contribution < 1.29 is 19.1 Å². The highest BCUT2D eigenvalue weighted by Gasteiger charge is 2.74. The minimum absolute atomic E-state index is 0.00973. The fourth-order valence-electron chi connectivity index (χ4n) is 15.9. The molecule has 0 aromatic rings. The number of rotatable bonds is 5. The third-order valence-electron chi connectivity index (χ3n) is 19.6. The van der Waals surface area contributed by atoms with Crippen LogP contribution in [0.2, 0.25) is 0 Å². The Balaban J connectivity index is 1.06. The monoisotopic (exact) mass is 705 g/mol. The highest BCUT2D eigenvalue weighted by Crippen LogP contribution is 2.79. The number of fused-ring (bicyclic) bond motifs is 7. The van der Waals surface area contributed by atoms with Crippen molar-refractivity contribution in [3.05, 3.63) is 0 Å². The lowest BCUT2D eigenvalue weighted by atomic mass is 9.32. The maximum absolute atomic E-state index is 15.1. The van der Waals surface area contributed by atoms with Gasteiger partial charge in [0.25, 0.3) is 0 Å². The van der Waals surface area contributed by atoms with Gasteiger partial charge in [0.05, 0.1) is 5.41 Å². The van der Waals surface area contributed by atoms with Crippen molar-refractivity contribution in [2.75, 3.05) is 13.1 Å². The minimum Gasteiger partial charge on any atom is -0.462 e. The molecule has 1 aliphatic heterocycles. The van der Waals surface area contributed by atoms with Crippen LogP contribution in [-0.2, 0) is 19.1 Å². The molecule has 0 aromatic heterocycles. The van der Waals surface area contributed by atoms with Crippen LogP contribution in [0.5, 0.6) is 0 Å². The normalized spacial score (nSPS) is 48.8. The Labute approximate surface area is 310 Å². The van der Waals surface area contributed by atoms with Gasteiger partial charge in [0.15, 0.2) is 0 Å². The Hall–Kier alpha value is -1.59. The summed E-state index contributed by atoms with van der Waals surface area (Å²) in [5.74, 6) is 3.44. The van der Waals surface area contributed by atoms with E-state index in [0.717, 1.165) is 64.5 Å². The average Bonchev–Trinajstić information content (AvgIpc) is 3.69. The maximum atomic E-state index is 15.1. The Morgan fingerprint density at radius 1 is 0.667 bits per heavy atom. The van der Waals surface area contributed by atoms with Crippen molar-refractivity contribution in [1.29, 1.82) is 0 Å². The van der Waals surface area contributed by atoms with Crippen molar-refractivity contribution in [3.8, 4) is 0 Å². The summed E-state index contributed by atoms with van der Waals surface area (Å²) in [5.41, 5.74) is 0.584. The first-order valence-corrected chi connectivity index (χ1v) is 21.6. The number of likely N-dealkylation sites (tertiary alicyclic amines) is 1. The average molecular weight is 705 g/mol. The molecule has 6 heteroatoms. The minimum atomic E-state index is -0.271. The summed E-state index contributed by atoms with van der Waals surface area (Å²) in [6, 6.07) is 0.0802. The number of carbonyl (C=O) groups excluding carboxylic acids is 3. The lowest BCUT2D eigenvalue weighted by Crippen LogP contribution is -2.68. The molecule has 12 unspecified atom stereocenters. The van der Waals surface area contributed by atoms with Gasteiger partial charge in [-0.25, -0.2) is 0 Å². The Kier molecular flexibility index (Phi) is 8.35. The molecule has 12 atom stereocenters. The topological polar surface area (TPSA) is 75.7 Å². The second kappa shape index (κ2) is 11.7. The SMILES string of the molecule is CC(=O)OC1CCC2(C)C(CCC3(C)C2CCC2C4C(C5(C)CC5)CCC4(C(=O)NC4CC(C(=O)N5CCCCC5)C4(C)C)CCC23C)C1(C)C. The lowest BCUT2D eigenvalue weighted by Gasteiger charge is -2.73. The molecule has 0 radical (unpaired) electrons. The molecule has 1 heterocycles. The second-order valence-corrected chi connectivity index (χ2v) is 22.1. The van der Waals surface area contributed by atoms with E-state index in [2.05, 4.69) is 65.6 Å². The van der Waals surface area contributed by atoms with Crippen molar-refractivity contribution in [3.63, 3.8) is 0 Å². The molecule has 0 bridgehead atoms. The van der Waals surface area contributed by atoms with Crippen LogP contribution in [0, 0.1) is 73.4 Å². The predicted octanol–water partition coefficient (Wildman–Crippen LogP) is 9.34. The van der Waals surface area contributed by atoms with Crippen LogP contribution >= 0.6 is 0 Å². The summed E-state index contributed by atoms with van der Waals surface area (Å²) in [6.07, 6.45) is 18.5. The fourth-order valence-corrected chi connectivity index (χ4v) is 15.9. The van der Waals surface area contributed by atoms with E-state index in [1.165, 1.54) is 51.4 Å². The predicted molar refractivity (Wildman–Crippen MR) is 201 cm³/mol. The molecule has 0 aromatic carbocycles. The standard InChI is InChI=1S/C45H72N2O4/c1-28(48)51-35-17-18-42(7)32(40(35,4)5)16-19-44(9)33(42)14-13-30-36-29(41(6)21-22-41)15-20-45(36,24-23-43(30,44)8)38(50)46-34-27-31(39(34,2)3)37(49)47-25-11-10-12-26-47/h29-36H,10-27H2,1-9H3,(H,46,50). The highest BCUT2D eigenvalue weighted by molar-refractivity contribution is 5.86. The molecule has 7 aliphatic carbocycles. The van der Waals surface area contributed by atoms with Gasteiger partial charge in [-0.2, -0.15) is 0 Å². The number of hydrogen-bond donors (Lipinski definition) is 1. The van der Waals surface area contributed by atoms with Crippen molar-refractivity contribution >= 4 is 17.8 Å². The van der Waals surface area contributed by atoms with Gasteiger partial charge in [-0.05, 0) is 159 Å². The maximum Gasteiger partial charge on any atom is 0.302 e. The van der Waals surface area contributed by atoms with Crippen molar-refractivity contribution in [2.24, 2.45) is 73.4 Å². The van der Waals surface area contributed by atoms with Gasteiger partial charge < -0.3 is 15.0 Å². The summed E-state index contributed by atoms with van der Waals surface area (Å²) >= 11 is 0. The van der Waals surface area contributed by atoms with Crippen LogP contribution in [0.4, 0.5) is 0 Å². The van der Waals surface area contributed by atoms with E-state index in [1.54, 1.807) is 6.92 Å². The van der Waals surface area contributed by atoms with Crippen molar-refractivity contribution in [2.45, 2.75) is 177 Å². The zero-order valence-electron chi connectivity index (χ0n) is 33.9. The molecule has 2 amide bonds. The number of nitrogens with zero attached hydrogens (tertiary/aromatic N) is 1. The smallest absolute Gasteiger partial charge is 0.302 e. The number of amides is 2. The molecule has 6 nitrogen and oxygen atoms in total. The summed E-state index contributed by atoms with van der Waals surface area (Å²) in [6.45, 7) is 23.2. The molecule has 286 valence electrons. The molecule has 7 saturated carbocycles. The van der Waals surface area contributed by atoms with E-state index in [9.17, 15) is 9.59 Å². The summed E-state index contributed by atoms with van der Waals surface area (Å²) in [5, 5.41) is 3.72. The zero-order chi connectivity index (χ0) is 36.6. The van der Waals surface area contributed by atoms with Gasteiger partial charge in [-0.15, -0.1) is 0 Å². The molecule has 51 heavy (non-hydrogen) atoms. The first-order chi connectivity index (χ1) is 23.9. The van der Waals surface area contributed by atoms with Gasteiger partial charge in [0.2, 0.25) is 11.8 Å². The summed E-state index contributed by atoms with van der Waals surface area (Å²) in [4.78, 5) is 42.9. The molecular weight excluding hydrogens is 633 g/mol. The number of carbonyl (C=O) groups is 3. The van der Waals surface area contributed by atoms with Crippen LogP contribution in [0.1, 0.15) is 165 Å². The number of ether oxygens (including phenoxy) is 1. The van der Waals surface area contributed by atoms with Crippen LogP contribution in [0.15, 0.2) is 0 Å². The van der Waals surface area contributed by atoms with E-state index < -0.39 is 0 Å². The van der Waals surface area contributed by atoms with Gasteiger partial charge in [0.1, 0.15) is 6.10 Å². The Bertz CT molecular complexity index is 1440. The Morgan fingerprint density at radius 2 is 1.37 bits per heavy atom. The van der Waals surface area contributed by atoms with E-state index in [-0.39, 0.29) is 56.5 Å². The van der Waals surface area contributed by atoms with Crippen LogP contribution in [0.3, 0.4) is 0 Å². The zero-order valence-corrected chi connectivity index (χ0v) is 33.9. The molecule has 0 spiro atoms. The fraction of sp³-hybridized carbons (Fsp3) is 0.933.